The molecule has 186 valence electrons. The number of nitrogens with one attached hydrogen (secondary N) is 1. The van der Waals surface area contributed by atoms with Gasteiger partial charge in [0.15, 0.2) is 5.96 Å². The zero-order chi connectivity index (χ0) is 24.8. The van der Waals surface area contributed by atoms with Gasteiger partial charge in [-0.25, -0.2) is 4.99 Å². The maximum Gasteiger partial charge on any atom is 0.231 e. The lowest BCUT2D eigenvalue weighted by Crippen LogP contribution is -2.55. The number of fused-ring (bicyclic) bond motifs is 1. The summed E-state index contributed by atoms with van der Waals surface area (Å²) in [6.45, 7) is 8.28. The summed E-state index contributed by atoms with van der Waals surface area (Å²) in [4.78, 5) is 32.4. The molecule has 9 heteroatoms. The Morgan fingerprint density at radius 1 is 1.38 bits per heavy atom. The summed E-state index contributed by atoms with van der Waals surface area (Å²) in [5.74, 6) is 0.678. The predicted molar refractivity (Wildman–Crippen MR) is 131 cm³/mol. The van der Waals surface area contributed by atoms with Gasteiger partial charge in [0, 0.05) is 42.7 Å². The van der Waals surface area contributed by atoms with Crippen LogP contribution in [-0.4, -0.2) is 53.6 Å². The second-order valence-electron chi connectivity index (χ2n) is 10.9. The van der Waals surface area contributed by atoms with Crippen LogP contribution in [0, 0.1) is 11.8 Å². The highest BCUT2D eigenvalue weighted by atomic mass is 35.5. The van der Waals surface area contributed by atoms with E-state index in [1.807, 2.05) is 39.8 Å². The Bertz CT molecular complexity index is 1010. The molecule has 1 aliphatic carbocycles. The van der Waals surface area contributed by atoms with Crippen molar-refractivity contribution < 1.29 is 19.1 Å². The summed E-state index contributed by atoms with van der Waals surface area (Å²) in [7, 11) is 1.63. The highest BCUT2D eigenvalue weighted by Gasteiger charge is 2.52. The molecule has 2 amide bonds. The van der Waals surface area contributed by atoms with Crippen LogP contribution in [0.4, 0.5) is 0 Å². The number of nitrogens with zero attached hydrogens (tertiary/aromatic N) is 2. The number of halogens is 1. The average Bonchev–Trinajstić information content (AvgIpc) is 3.50. The van der Waals surface area contributed by atoms with E-state index in [4.69, 9.17) is 26.8 Å². The van der Waals surface area contributed by atoms with E-state index in [-0.39, 0.29) is 48.1 Å². The Balaban J connectivity index is 1.51. The number of benzene rings is 1. The molecule has 2 heterocycles. The third kappa shape index (κ3) is 5.18. The normalized spacial score (nSPS) is 27.8. The summed E-state index contributed by atoms with van der Waals surface area (Å²) in [6.07, 6.45) is 2.21. The Hall–Kier alpha value is -2.32. The lowest BCUT2D eigenvalue weighted by molar-refractivity contribution is -0.132. The number of aliphatic imine (C=N–C) groups is 1. The van der Waals surface area contributed by atoms with Crippen LogP contribution in [0.2, 0.25) is 5.02 Å². The molecule has 4 atom stereocenters. The first-order chi connectivity index (χ1) is 15.9. The fourth-order valence-corrected chi connectivity index (χ4v) is 5.47. The Morgan fingerprint density at radius 2 is 2.12 bits per heavy atom. The van der Waals surface area contributed by atoms with E-state index >= 15 is 0 Å². The predicted octanol–water partition coefficient (Wildman–Crippen LogP) is 3.43. The van der Waals surface area contributed by atoms with Crippen LogP contribution in [0.25, 0.3) is 0 Å². The van der Waals surface area contributed by atoms with E-state index in [0.717, 1.165) is 11.3 Å². The van der Waals surface area contributed by atoms with E-state index in [2.05, 4.69) is 10.3 Å². The first-order valence-corrected chi connectivity index (χ1v) is 12.2. The van der Waals surface area contributed by atoms with Gasteiger partial charge in [0.2, 0.25) is 11.8 Å². The number of guanidine groups is 1. The molecule has 0 spiro atoms. The van der Waals surface area contributed by atoms with Crippen molar-refractivity contribution in [3.05, 3.63) is 28.8 Å². The molecule has 0 aromatic heterocycles. The number of nitrogens with two attached hydrogens (primary N) is 1. The maximum atomic E-state index is 13.3. The summed E-state index contributed by atoms with van der Waals surface area (Å²) < 4.78 is 11.4. The second-order valence-corrected chi connectivity index (χ2v) is 11.3. The highest BCUT2D eigenvalue weighted by Crippen LogP contribution is 2.47. The molecule has 34 heavy (non-hydrogen) atoms. The van der Waals surface area contributed by atoms with Gasteiger partial charge < -0.3 is 20.5 Å². The van der Waals surface area contributed by atoms with E-state index < -0.39 is 11.1 Å². The summed E-state index contributed by atoms with van der Waals surface area (Å²) >= 11 is 6.23. The number of carbonyl (C=O) groups excluding carboxylic acids is 2. The Morgan fingerprint density at radius 3 is 2.79 bits per heavy atom. The van der Waals surface area contributed by atoms with Gasteiger partial charge in [-0.1, -0.05) is 11.6 Å². The molecular weight excluding hydrogens is 456 g/mol. The molecule has 4 unspecified atom stereocenters. The minimum Gasteiger partial charge on any atom is -0.487 e. The summed E-state index contributed by atoms with van der Waals surface area (Å²) in [6, 6.07) is 5.07. The molecule has 1 saturated carbocycles. The molecule has 0 radical (unpaired) electrons. The molecule has 1 aromatic carbocycles. The van der Waals surface area contributed by atoms with Crippen molar-refractivity contribution in [3.63, 3.8) is 0 Å². The number of amides is 2. The minimum absolute atomic E-state index is 0.000690. The van der Waals surface area contributed by atoms with Crippen molar-refractivity contribution in [2.45, 2.75) is 76.6 Å². The fraction of sp³-hybridized carbons (Fsp3) is 0.640. The largest absolute Gasteiger partial charge is 0.487 e. The third-order valence-corrected chi connectivity index (χ3v) is 7.12. The van der Waals surface area contributed by atoms with Crippen LogP contribution in [0.3, 0.4) is 0 Å². The minimum atomic E-state index is -0.520. The van der Waals surface area contributed by atoms with Gasteiger partial charge >= 0.3 is 0 Å². The van der Waals surface area contributed by atoms with Gasteiger partial charge in [-0.3, -0.25) is 14.5 Å². The number of hydrogen-bond donors (Lipinski definition) is 2. The molecule has 3 N–H and O–H groups in total. The number of ether oxygens (including phenoxy) is 2. The van der Waals surface area contributed by atoms with Crippen molar-refractivity contribution in [2.75, 3.05) is 13.7 Å². The van der Waals surface area contributed by atoms with Crippen LogP contribution in [-0.2, 0) is 14.3 Å². The molecule has 0 saturated heterocycles. The van der Waals surface area contributed by atoms with Gasteiger partial charge in [-0.05, 0) is 64.7 Å². The van der Waals surface area contributed by atoms with Crippen LogP contribution < -0.4 is 15.8 Å². The van der Waals surface area contributed by atoms with E-state index in [1.54, 1.807) is 18.1 Å². The molecule has 2 aliphatic heterocycles. The molecule has 0 bridgehead atoms. The van der Waals surface area contributed by atoms with Gasteiger partial charge in [-0.15, -0.1) is 0 Å². The highest BCUT2D eigenvalue weighted by molar-refractivity contribution is 6.30. The number of rotatable bonds is 7. The molecule has 4 rings (SSSR count). The van der Waals surface area contributed by atoms with Crippen molar-refractivity contribution in [2.24, 2.45) is 22.6 Å². The van der Waals surface area contributed by atoms with Crippen molar-refractivity contribution in [1.29, 1.82) is 0 Å². The van der Waals surface area contributed by atoms with Crippen molar-refractivity contribution in [3.8, 4) is 5.75 Å². The average molecular weight is 491 g/mol. The van der Waals surface area contributed by atoms with E-state index in [9.17, 15) is 9.59 Å². The van der Waals surface area contributed by atoms with Crippen LogP contribution in [0.15, 0.2) is 23.2 Å². The van der Waals surface area contributed by atoms with Gasteiger partial charge in [0.1, 0.15) is 11.4 Å². The number of hydrogen-bond acceptors (Lipinski definition) is 6. The quantitative estimate of drug-likeness (QED) is 0.609. The number of carbonyl (C=O) groups is 2. The zero-order valence-electron chi connectivity index (χ0n) is 20.6. The lowest BCUT2D eigenvalue weighted by atomic mass is 9.89. The smallest absolute Gasteiger partial charge is 0.231 e. The lowest BCUT2D eigenvalue weighted by Gasteiger charge is -2.38. The second kappa shape index (κ2) is 9.04. The van der Waals surface area contributed by atoms with Crippen LogP contribution in [0.5, 0.6) is 5.75 Å². The van der Waals surface area contributed by atoms with E-state index in [1.165, 1.54) is 0 Å². The molecule has 1 aromatic rings. The molecular formula is C25H35ClN4O4. The van der Waals surface area contributed by atoms with Gasteiger partial charge in [0.25, 0.3) is 0 Å². The topological polar surface area (TPSA) is 106 Å². The van der Waals surface area contributed by atoms with Gasteiger partial charge in [0.05, 0.1) is 18.0 Å². The van der Waals surface area contributed by atoms with Crippen LogP contribution in [0.1, 0.15) is 65.0 Å². The van der Waals surface area contributed by atoms with Gasteiger partial charge in [-0.2, -0.15) is 0 Å². The zero-order valence-corrected chi connectivity index (χ0v) is 21.3. The summed E-state index contributed by atoms with van der Waals surface area (Å²) in [5.41, 5.74) is 6.19. The SMILES string of the molecule is COCCC(C1CC1C(=O)NC1CC(C)(C)Oc2ccc(Cl)cc21)N1C(=O)CC(C)(C)N=C1N. The monoisotopic (exact) mass is 490 g/mol. The summed E-state index contributed by atoms with van der Waals surface area (Å²) in [5, 5.41) is 3.83. The molecule has 8 nitrogen and oxygen atoms in total. The first kappa shape index (κ1) is 24.8. The fourth-order valence-electron chi connectivity index (χ4n) is 5.29. The van der Waals surface area contributed by atoms with E-state index in [0.29, 0.717) is 30.9 Å². The molecule has 1 fully saturated rings. The Kier molecular flexibility index (Phi) is 6.59. The number of methoxy groups -OCH3 is 1. The Labute approximate surface area is 206 Å². The van der Waals surface area contributed by atoms with Crippen LogP contribution >= 0.6 is 11.6 Å². The third-order valence-electron chi connectivity index (χ3n) is 6.88. The molecule has 3 aliphatic rings. The van der Waals surface area contributed by atoms with Crippen molar-refractivity contribution >= 4 is 29.4 Å². The van der Waals surface area contributed by atoms with Crippen molar-refractivity contribution in [1.82, 2.24) is 10.2 Å². The first-order valence-electron chi connectivity index (χ1n) is 11.9. The maximum absolute atomic E-state index is 13.3. The standard InChI is InChI=1S/C25H35ClN4O4/c1-24(2)13-21(31)30(23(27)29-24)19(8-9-33-5)15-11-16(15)22(32)28-18-12-25(3,4)34-20-7-6-14(26)10-17(18)20/h6-7,10,15-16,18-19H,8-9,11-13H2,1-5H3,(H2,27,29)(H,28,32).